The van der Waals surface area contributed by atoms with Gasteiger partial charge >= 0.3 is 0 Å². The van der Waals surface area contributed by atoms with E-state index in [0.29, 0.717) is 24.7 Å². The predicted molar refractivity (Wildman–Crippen MR) is 77.3 cm³/mol. The molecule has 0 spiro atoms. The van der Waals surface area contributed by atoms with Crippen LogP contribution in [0, 0.1) is 17.2 Å². The van der Waals surface area contributed by atoms with Crippen molar-refractivity contribution in [3.63, 3.8) is 0 Å². The Morgan fingerprint density at radius 3 is 2.90 bits per heavy atom. The fourth-order valence-corrected chi connectivity index (χ4v) is 4.25. The van der Waals surface area contributed by atoms with E-state index >= 15 is 0 Å². The van der Waals surface area contributed by atoms with Gasteiger partial charge in [-0.3, -0.25) is 0 Å². The monoisotopic (exact) mass is 293 g/mol. The van der Waals surface area contributed by atoms with Crippen molar-refractivity contribution >= 4 is 15.7 Å². The molecule has 1 fully saturated rings. The highest BCUT2D eigenvalue weighted by atomic mass is 32.2. The number of piperidine rings is 1. The number of anilines is 1. The van der Waals surface area contributed by atoms with Crippen LogP contribution in [0.2, 0.25) is 0 Å². The van der Waals surface area contributed by atoms with Gasteiger partial charge in [-0.1, -0.05) is 13.3 Å². The molecule has 1 aromatic carbocycles. The maximum Gasteiger partial charge on any atom is 0.244 e. The minimum Gasteiger partial charge on any atom is -0.399 e. The van der Waals surface area contributed by atoms with Gasteiger partial charge in [0.2, 0.25) is 10.0 Å². The normalized spacial score (nSPS) is 20.5. The molecule has 1 heterocycles. The van der Waals surface area contributed by atoms with E-state index in [1.807, 2.05) is 6.07 Å². The standard InChI is InChI=1S/C14H19N3O2S/c1-2-11-4-3-7-17(10-11)20(18,19)14-6-5-13(16)8-12(14)9-15/h5-6,8,11H,2-4,7,10,16H2,1H3. The topological polar surface area (TPSA) is 87.2 Å². The molecule has 5 nitrogen and oxygen atoms in total. The average molecular weight is 293 g/mol. The molecule has 1 aliphatic rings. The molecule has 1 aromatic rings. The Morgan fingerprint density at radius 2 is 2.25 bits per heavy atom. The third-order valence-electron chi connectivity index (χ3n) is 3.80. The molecule has 6 heteroatoms. The highest BCUT2D eigenvalue weighted by Gasteiger charge is 2.31. The molecule has 1 aliphatic heterocycles. The number of benzene rings is 1. The van der Waals surface area contributed by atoms with Crippen molar-refractivity contribution in [1.29, 1.82) is 5.26 Å². The van der Waals surface area contributed by atoms with E-state index in [0.717, 1.165) is 19.3 Å². The minimum absolute atomic E-state index is 0.0611. The van der Waals surface area contributed by atoms with Crippen LogP contribution in [0.3, 0.4) is 0 Å². The van der Waals surface area contributed by atoms with Crippen molar-refractivity contribution in [2.24, 2.45) is 5.92 Å². The summed E-state index contributed by atoms with van der Waals surface area (Å²) in [6.45, 7) is 3.13. The molecule has 0 aliphatic carbocycles. The van der Waals surface area contributed by atoms with Gasteiger partial charge in [0.05, 0.1) is 5.56 Å². The number of sulfonamides is 1. The van der Waals surface area contributed by atoms with E-state index in [2.05, 4.69) is 6.92 Å². The summed E-state index contributed by atoms with van der Waals surface area (Å²) in [5.74, 6) is 0.401. The van der Waals surface area contributed by atoms with Gasteiger partial charge in [-0.2, -0.15) is 9.57 Å². The Kier molecular flexibility index (Phi) is 4.31. The van der Waals surface area contributed by atoms with E-state index in [1.54, 1.807) is 0 Å². The summed E-state index contributed by atoms with van der Waals surface area (Å²) in [6, 6.07) is 6.28. The fraction of sp³-hybridized carbons (Fsp3) is 0.500. The number of nitriles is 1. The largest absolute Gasteiger partial charge is 0.399 e. The summed E-state index contributed by atoms with van der Waals surface area (Å²) < 4.78 is 26.8. The summed E-state index contributed by atoms with van der Waals surface area (Å²) in [4.78, 5) is 0.0611. The Bertz CT molecular complexity index is 634. The second kappa shape index (κ2) is 5.81. The highest BCUT2D eigenvalue weighted by Crippen LogP contribution is 2.27. The lowest BCUT2D eigenvalue weighted by molar-refractivity contribution is 0.261. The van der Waals surface area contributed by atoms with Crippen LogP contribution in [-0.4, -0.2) is 25.8 Å². The molecule has 1 saturated heterocycles. The Hall–Kier alpha value is -1.58. The van der Waals surface area contributed by atoms with Gasteiger partial charge in [-0.15, -0.1) is 0 Å². The zero-order valence-electron chi connectivity index (χ0n) is 11.5. The quantitative estimate of drug-likeness (QED) is 0.863. The van der Waals surface area contributed by atoms with E-state index in [-0.39, 0.29) is 10.5 Å². The molecule has 1 atom stereocenters. The number of nitrogens with zero attached hydrogens (tertiary/aromatic N) is 2. The molecule has 2 N–H and O–H groups in total. The average Bonchev–Trinajstić information content (AvgIpc) is 2.46. The number of nitrogen functional groups attached to an aromatic ring is 1. The predicted octanol–water partition coefficient (Wildman–Crippen LogP) is 1.95. The van der Waals surface area contributed by atoms with Gasteiger partial charge in [0.15, 0.2) is 0 Å². The van der Waals surface area contributed by atoms with Crippen LogP contribution in [0.1, 0.15) is 31.7 Å². The van der Waals surface area contributed by atoms with Gasteiger partial charge in [-0.05, 0) is 37.0 Å². The van der Waals surface area contributed by atoms with Crippen LogP contribution in [0.25, 0.3) is 0 Å². The summed E-state index contributed by atoms with van der Waals surface area (Å²) in [6.07, 6.45) is 2.91. The van der Waals surface area contributed by atoms with E-state index in [1.165, 1.54) is 22.5 Å². The van der Waals surface area contributed by atoms with Crippen molar-refractivity contribution in [1.82, 2.24) is 4.31 Å². The number of rotatable bonds is 3. The van der Waals surface area contributed by atoms with Gasteiger partial charge in [0.25, 0.3) is 0 Å². The van der Waals surface area contributed by atoms with Crippen molar-refractivity contribution < 1.29 is 8.42 Å². The fourth-order valence-electron chi connectivity index (χ4n) is 2.58. The van der Waals surface area contributed by atoms with E-state index in [4.69, 9.17) is 11.0 Å². The molecular formula is C14H19N3O2S. The first-order valence-electron chi connectivity index (χ1n) is 6.78. The molecule has 0 bridgehead atoms. The third kappa shape index (κ3) is 2.79. The van der Waals surface area contributed by atoms with Crippen molar-refractivity contribution in [3.05, 3.63) is 23.8 Å². The maximum absolute atomic E-state index is 12.7. The summed E-state index contributed by atoms with van der Waals surface area (Å²) in [7, 11) is -3.61. The lowest BCUT2D eigenvalue weighted by Crippen LogP contribution is -2.39. The van der Waals surface area contributed by atoms with Gasteiger partial charge in [0, 0.05) is 18.8 Å². The number of nitrogens with two attached hydrogens (primary N) is 1. The van der Waals surface area contributed by atoms with Crippen LogP contribution in [-0.2, 0) is 10.0 Å². The zero-order valence-corrected chi connectivity index (χ0v) is 12.4. The van der Waals surface area contributed by atoms with Crippen LogP contribution >= 0.6 is 0 Å². The Morgan fingerprint density at radius 1 is 1.50 bits per heavy atom. The van der Waals surface area contributed by atoms with Gasteiger partial charge in [-0.25, -0.2) is 8.42 Å². The summed E-state index contributed by atoms with van der Waals surface area (Å²) >= 11 is 0. The van der Waals surface area contributed by atoms with Crippen molar-refractivity contribution in [2.75, 3.05) is 18.8 Å². The van der Waals surface area contributed by atoms with E-state index < -0.39 is 10.0 Å². The molecule has 20 heavy (non-hydrogen) atoms. The first-order chi connectivity index (χ1) is 9.48. The molecule has 0 saturated carbocycles. The summed E-state index contributed by atoms with van der Waals surface area (Å²) in [5.41, 5.74) is 6.12. The summed E-state index contributed by atoms with van der Waals surface area (Å²) in [5, 5.41) is 9.11. The van der Waals surface area contributed by atoms with Gasteiger partial charge in [0.1, 0.15) is 11.0 Å². The first-order valence-corrected chi connectivity index (χ1v) is 8.22. The molecule has 108 valence electrons. The van der Waals surface area contributed by atoms with Crippen LogP contribution in [0.15, 0.2) is 23.1 Å². The van der Waals surface area contributed by atoms with Crippen molar-refractivity contribution in [2.45, 2.75) is 31.1 Å². The molecular weight excluding hydrogens is 274 g/mol. The van der Waals surface area contributed by atoms with Crippen LogP contribution < -0.4 is 5.73 Å². The SMILES string of the molecule is CCC1CCCN(S(=O)(=O)c2ccc(N)cc2C#N)C1. The number of hydrogen-bond acceptors (Lipinski definition) is 4. The lowest BCUT2D eigenvalue weighted by Gasteiger charge is -2.31. The third-order valence-corrected chi connectivity index (χ3v) is 5.72. The smallest absolute Gasteiger partial charge is 0.244 e. The molecule has 0 aromatic heterocycles. The Balaban J connectivity index is 2.38. The first kappa shape index (κ1) is 14.8. The lowest BCUT2D eigenvalue weighted by atomic mass is 9.97. The second-order valence-corrected chi connectivity index (χ2v) is 7.05. The van der Waals surface area contributed by atoms with Crippen LogP contribution in [0.5, 0.6) is 0 Å². The molecule has 2 rings (SSSR count). The minimum atomic E-state index is -3.61. The second-order valence-electron chi connectivity index (χ2n) is 5.15. The molecule has 0 amide bonds. The van der Waals surface area contributed by atoms with E-state index in [9.17, 15) is 8.42 Å². The molecule has 1 unspecified atom stereocenters. The number of hydrogen-bond donors (Lipinski definition) is 1. The Labute approximate surface area is 120 Å². The zero-order chi connectivity index (χ0) is 14.8. The van der Waals surface area contributed by atoms with Gasteiger partial charge < -0.3 is 5.73 Å². The highest BCUT2D eigenvalue weighted by molar-refractivity contribution is 7.89. The van der Waals surface area contributed by atoms with Crippen molar-refractivity contribution in [3.8, 4) is 6.07 Å². The molecule has 0 radical (unpaired) electrons. The maximum atomic E-state index is 12.7. The van der Waals surface area contributed by atoms with Crippen LogP contribution in [0.4, 0.5) is 5.69 Å².